The molecule has 1 aromatic carbocycles. The molecule has 84 valence electrons. The van der Waals surface area contributed by atoms with Gasteiger partial charge in [0.05, 0.1) is 0 Å². The number of carbonyl (C=O) groups excluding carboxylic acids is 1. The average molecular weight is 216 g/mol. The largest absolute Gasteiger partial charge is 0.351 e. The van der Waals surface area contributed by atoms with E-state index in [1.165, 1.54) is 5.56 Å². The van der Waals surface area contributed by atoms with Gasteiger partial charge in [-0.2, -0.15) is 0 Å². The number of hydrogen-bond donors (Lipinski definition) is 1. The van der Waals surface area contributed by atoms with E-state index in [0.717, 1.165) is 17.3 Å². The lowest BCUT2D eigenvalue weighted by molar-refractivity contribution is 0.0823. The molecule has 1 N–H and O–H groups in total. The monoisotopic (exact) mass is 216 g/mol. The minimum Gasteiger partial charge on any atom is -0.351 e. The molecule has 0 saturated heterocycles. The van der Waals surface area contributed by atoms with Gasteiger partial charge in [-0.15, -0.1) is 0 Å². The van der Waals surface area contributed by atoms with Crippen LogP contribution in [0.4, 0.5) is 0 Å². The van der Waals surface area contributed by atoms with Gasteiger partial charge in [0.15, 0.2) is 0 Å². The molecule has 0 unspecified atom stereocenters. The maximum atomic E-state index is 11.8. The van der Waals surface area contributed by atoms with E-state index in [-0.39, 0.29) is 5.91 Å². The van der Waals surface area contributed by atoms with Crippen LogP contribution < -0.4 is 0 Å². The van der Waals surface area contributed by atoms with Crippen molar-refractivity contribution < 1.29 is 4.79 Å². The van der Waals surface area contributed by atoms with Crippen molar-refractivity contribution >= 4 is 16.8 Å². The summed E-state index contributed by atoms with van der Waals surface area (Å²) in [6.45, 7) is 2.12. The summed E-state index contributed by atoms with van der Waals surface area (Å²) in [6, 6.07) is 8.05. The van der Waals surface area contributed by atoms with E-state index in [0.29, 0.717) is 5.69 Å². The number of carbonyl (C=O) groups is 1. The second-order valence-corrected chi connectivity index (χ2v) is 4.11. The number of nitrogens with one attached hydrogen (secondary N) is 1. The molecule has 0 atom stereocenters. The zero-order valence-electron chi connectivity index (χ0n) is 9.87. The molecular formula is C13H16N2O. The molecule has 3 heteroatoms. The molecule has 0 bridgehead atoms. The summed E-state index contributed by atoms with van der Waals surface area (Å²) >= 11 is 0. The lowest BCUT2D eigenvalue weighted by Gasteiger charge is -2.07. The van der Waals surface area contributed by atoms with E-state index in [9.17, 15) is 4.79 Å². The van der Waals surface area contributed by atoms with E-state index in [4.69, 9.17) is 0 Å². The summed E-state index contributed by atoms with van der Waals surface area (Å²) in [5.41, 5.74) is 2.96. The van der Waals surface area contributed by atoms with Crippen LogP contribution >= 0.6 is 0 Å². The highest BCUT2D eigenvalue weighted by atomic mass is 16.2. The van der Waals surface area contributed by atoms with Gasteiger partial charge in [0.1, 0.15) is 5.69 Å². The number of rotatable bonds is 2. The number of nitrogens with zero attached hydrogens (tertiary/aromatic N) is 1. The molecule has 1 aromatic heterocycles. The first kappa shape index (κ1) is 10.7. The van der Waals surface area contributed by atoms with Gasteiger partial charge in [-0.3, -0.25) is 4.79 Å². The summed E-state index contributed by atoms with van der Waals surface area (Å²) in [7, 11) is 3.52. The molecule has 0 aliphatic rings. The van der Waals surface area contributed by atoms with Gasteiger partial charge in [-0.1, -0.05) is 19.1 Å². The number of benzene rings is 1. The lowest BCUT2D eigenvalue weighted by atomic mass is 10.1. The molecule has 0 aliphatic heterocycles. The Morgan fingerprint density at radius 3 is 2.75 bits per heavy atom. The summed E-state index contributed by atoms with van der Waals surface area (Å²) in [5, 5.41) is 1.15. The summed E-state index contributed by atoms with van der Waals surface area (Å²) in [5.74, 6) is 0.0123. The molecule has 3 nitrogen and oxygen atoms in total. The molecule has 2 rings (SSSR count). The quantitative estimate of drug-likeness (QED) is 0.822. The van der Waals surface area contributed by atoms with Crippen LogP contribution in [0.3, 0.4) is 0 Å². The highest BCUT2D eigenvalue weighted by Crippen LogP contribution is 2.20. The zero-order valence-corrected chi connectivity index (χ0v) is 9.87. The van der Waals surface area contributed by atoms with Gasteiger partial charge in [0.2, 0.25) is 0 Å². The first-order chi connectivity index (χ1) is 7.63. The molecule has 0 fully saturated rings. The highest BCUT2D eigenvalue weighted by molar-refractivity contribution is 5.98. The standard InChI is InChI=1S/C13H16N2O/c1-4-9-6-5-7-11-10(9)8-12(14-11)13(16)15(2)3/h5-8,14H,4H2,1-3H3. The van der Waals surface area contributed by atoms with Crippen LogP contribution in [0.2, 0.25) is 0 Å². The fourth-order valence-corrected chi connectivity index (χ4v) is 1.88. The Hall–Kier alpha value is -1.77. The fourth-order valence-electron chi connectivity index (χ4n) is 1.88. The Bertz CT molecular complexity index is 526. The van der Waals surface area contributed by atoms with Crippen LogP contribution in [0.25, 0.3) is 10.9 Å². The van der Waals surface area contributed by atoms with Gasteiger partial charge in [0.25, 0.3) is 5.91 Å². The van der Waals surface area contributed by atoms with Crippen molar-refractivity contribution in [3.8, 4) is 0 Å². The topological polar surface area (TPSA) is 36.1 Å². The van der Waals surface area contributed by atoms with Crippen LogP contribution in [0, 0.1) is 0 Å². The Morgan fingerprint density at radius 2 is 2.12 bits per heavy atom. The number of fused-ring (bicyclic) bond motifs is 1. The normalized spacial score (nSPS) is 10.7. The molecule has 0 saturated carbocycles. The fraction of sp³-hybridized carbons (Fsp3) is 0.308. The van der Waals surface area contributed by atoms with Crippen molar-refractivity contribution in [1.82, 2.24) is 9.88 Å². The molecule has 1 amide bonds. The summed E-state index contributed by atoms with van der Waals surface area (Å²) < 4.78 is 0. The van der Waals surface area contributed by atoms with Crippen molar-refractivity contribution in [2.75, 3.05) is 14.1 Å². The predicted molar refractivity (Wildman–Crippen MR) is 65.7 cm³/mol. The number of amides is 1. The second-order valence-electron chi connectivity index (χ2n) is 4.11. The first-order valence-electron chi connectivity index (χ1n) is 5.45. The maximum absolute atomic E-state index is 11.8. The van der Waals surface area contributed by atoms with Crippen LogP contribution in [-0.4, -0.2) is 29.9 Å². The van der Waals surface area contributed by atoms with Crippen molar-refractivity contribution in [3.63, 3.8) is 0 Å². The average Bonchev–Trinajstić information content (AvgIpc) is 2.70. The SMILES string of the molecule is CCc1cccc2[nH]c(C(=O)N(C)C)cc12. The zero-order chi connectivity index (χ0) is 11.7. The molecule has 2 aromatic rings. The van der Waals surface area contributed by atoms with Crippen molar-refractivity contribution in [2.45, 2.75) is 13.3 Å². The van der Waals surface area contributed by atoms with Crippen LogP contribution in [-0.2, 0) is 6.42 Å². The third-order valence-corrected chi connectivity index (χ3v) is 2.77. The van der Waals surface area contributed by atoms with Gasteiger partial charge in [0, 0.05) is 25.0 Å². The van der Waals surface area contributed by atoms with Crippen LogP contribution in [0.5, 0.6) is 0 Å². The lowest BCUT2D eigenvalue weighted by Crippen LogP contribution is -2.21. The number of aromatic amines is 1. The number of aryl methyl sites for hydroxylation is 1. The third-order valence-electron chi connectivity index (χ3n) is 2.77. The minimum absolute atomic E-state index is 0.0123. The Labute approximate surface area is 95.1 Å². The van der Waals surface area contributed by atoms with E-state index in [2.05, 4.69) is 18.0 Å². The Balaban J connectivity index is 2.56. The highest BCUT2D eigenvalue weighted by Gasteiger charge is 2.12. The summed E-state index contributed by atoms with van der Waals surface area (Å²) in [6.07, 6.45) is 0.977. The predicted octanol–water partition coefficient (Wildman–Crippen LogP) is 2.43. The van der Waals surface area contributed by atoms with E-state index in [1.807, 2.05) is 18.2 Å². The smallest absolute Gasteiger partial charge is 0.269 e. The number of hydrogen-bond acceptors (Lipinski definition) is 1. The van der Waals surface area contributed by atoms with Crippen LogP contribution in [0.15, 0.2) is 24.3 Å². The maximum Gasteiger partial charge on any atom is 0.269 e. The molecular weight excluding hydrogens is 200 g/mol. The van der Waals surface area contributed by atoms with Gasteiger partial charge < -0.3 is 9.88 Å². The van der Waals surface area contributed by atoms with Crippen LogP contribution in [0.1, 0.15) is 23.0 Å². The van der Waals surface area contributed by atoms with Crippen molar-refractivity contribution in [2.24, 2.45) is 0 Å². The molecule has 0 radical (unpaired) electrons. The first-order valence-corrected chi connectivity index (χ1v) is 5.45. The van der Waals surface area contributed by atoms with Gasteiger partial charge in [-0.05, 0) is 24.1 Å². The van der Waals surface area contributed by atoms with E-state index < -0.39 is 0 Å². The molecule has 16 heavy (non-hydrogen) atoms. The van der Waals surface area contributed by atoms with E-state index in [1.54, 1.807) is 19.0 Å². The number of aromatic nitrogens is 1. The molecule has 1 heterocycles. The third kappa shape index (κ3) is 1.69. The van der Waals surface area contributed by atoms with E-state index >= 15 is 0 Å². The molecule has 0 spiro atoms. The molecule has 0 aliphatic carbocycles. The Kier molecular flexibility index (Phi) is 2.69. The van der Waals surface area contributed by atoms with Gasteiger partial charge >= 0.3 is 0 Å². The summed E-state index contributed by atoms with van der Waals surface area (Å²) in [4.78, 5) is 16.5. The minimum atomic E-state index is 0.0123. The van der Waals surface area contributed by atoms with Crippen molar-refractivity contribution in [1.29, 1.82) is 0 Å². The Morgan fingerprint density at radius 1 is 1.38 bits per heavy atom. The number of H-pyrrole nitrogens is 1. The van der Waals surface area contributed by atoms with Crippen molar-refractivity contribution in [3.05, 3.63) is 35.5 Å². The van der Waals surface area contributed by atoms with Gasteiger partial charge in [-0.25, -0.2) is 0 Å². The second kappa shape index (κ2) is 4.00.